The Kier molecular flexibility index (Phi) is 6.59. The predicted octanol–water partition coefficient (Wildman–Crippen LogP) is 5.98. The van der Waals surface area contributed by atoms with E-state index in [0.29, 0.717) is 31.4 Å². The first-order valence-corrected chi connectivity index (χ1v) is 8.99. The Balaban J connectivity index is 1.77. The van der Waals surface area contributed by atoms with Crippen molar-refractivity contribution < 1.29 is 31.1 Å². The first kappa shape index (κ1) is 21.6. The van der Waals surface area contributed by atoms with Gasteiger partial charge in [-0.1, -0.05) is 6.07 Å². The van der Waals surface area contributed by atoms with Crippen molar-refractivity contribution in [2.24, 2.45) is 0 Å². The topological polar surface area (TPSA) is 35.0 Å². The van der Waals surface area contributed by atoms with Gasteiger partial charge in [0, 0.05) is 24.0 Å². The molecule has 0 fully saturated rings. The molecule has 0 aliphatic carbocycles. The molecule has 0 bridgehead atoms. The fourth-order valence-electron chi connectivity index (χ4n) is 2.69. The van der Waals surface area contributed by atoms with E-state index < -0.39 is 41.5 Å². The van der Waals surface area contributed by atoms with Gasteiger partial charge in [-0.3, -0.25) is 4.39 Å². The molecule has 9 heteroatoms. The molecule has 3 nitrogen and oxygen atoms in total. The van der Waals surface area contributed by atoms with Crippen LogP contribution in [0.4, 0.5) is 26.3 Å². The highest BCUT2D eigenvalue weighted by atomic mass is 19.3. The van der Waals surface area contributed by atoms with E-state index in [-0.39, 0.29) is 11.4 Å². The van der Waals surface area contributed by atoms with Gasteiger partial charge in [0.1, 0.15) is 11.6 Å². The van der Waals surface area contributed by atoms with E-state index >= 15 is 0 Å². The smallest absolute Gasteiger partial charge is 0.429 e. The van der Waals surface area contributed by atoms with Gasteiger partial charge >= 0.3 is 6.11 Å². The molecule has 3 rings (SSSR count). The highest BCUT2D eigenvalue weighted by Crippen LogP contribution is 2.34. The lowest BCUT2D eigenvalue weighted by atomic mass is 10.1. The number of nitrogens with zero attached hydrogens (tertiary/aromatic N) is 2. The quantitative estimate of drug-likeness (QED) is 0.328. The lowest BCUT2D eigenvalue weighted by molar-refractivity contribution is -0.187. The van der Waals surface area contributed by atoms with Gasteiger partial charge in [0.05, 0.1) is 12.2 Å². The van der Waals surface area contributed by atoms with Gasteiger partial charge in [-0.05, 0) is 49.1 Å². The number of aromatic nitrogens is 2. The molecule has 0 aliphatic heterocycles. The highest BCUT2D eigenvalue weighted by molar-refractivity contribution is 5.55. The van der Waals surface area contributed by atoms with E-state index in [1.807, 2.05) is 0 Å². The normalized spacial score (nSPS) is 11.5. The maximum Gasteiger partial charge on any atom is 0.429 e. The van der Waals surface area contributed by atoms with E-state index in [9.17, 15) is 26.3 Å². The number of hydrogen-bond acceptors (Lipinski definition) is 3. The Bertz CT molecular complexity index is 1010. The van der Waals surface area contributed by atoms with Crippen LogP contribution in [-0.2, 0) is 12.5 Å². The van der Waals surface area contributed by atoms with Crippen LogP contribution in [0.5, 0.6) is 5.75 Å². The minimum atomic E-state index is -4.13. The van der Waals surface area contributed by atoms with Crippen LogP contribution in [0.15, 0.2) is 48.8 Å². The second-order valence-electron chi connectivity index (χ2n) is 6.45. The SMILES string of the molecule is FCCCCc1cnc(-c2ccc(C(F)(F)Oc3ccc(F)c(F)c3)c(F)c2)nc1. The zero-order valence-corrected chi connectivity index (χ0v) is 15.5. The molecule has 30 heavy (non-hydrogen) atoms. The molecule has 1 heterocycles. The van der Waals surface area contributed by atoms with Crippen molar-refractivity contribution >= 4 is 0 Å². The van der Waals surface area contributed by atoms with Crippen molar-refractivity contribution in [2.45, 2.75) is 25.4 Å². The molecule has 0 radical (unpaired) electrons. The first-order chi connectivity index (χ1) is 14.3. The van der Waals surface area contributed by atoms with E-state index in [1.165, 1.54) is 18.5 Å². The third-order valence-electron chi connectivity index (χ3n) is 4.23. The van der Waals surface area contributed by atoms with Gasteiger partial charge in [-0.15, -0.1) is 0 Å². The van der Waals surface area contributed by atoms with Crippen LogP contribution in [0.2, 0.25) is 0 Å². The predicted molar refractivity (Wildman–Crippen MR) is 97.2 cm³/mol. The third-order valence-corrected chi connectivity index (χ3v) is 4.23. The molecular formula is C21H16F6N2O. The van der Waals surface area contributed by atoms with E-state index in [1.54, 1.807) is 0 Å². The number of halogens is 6. The Morgan fingerprint density at radius 3 is 2.20 bits per heavy atom. The molecule has 2 aromatic carbocycles. The standard InChI is InChI=1S/C21H16F6N2O/c22-8-2-1-3-13-11-28-20(29-12-13)14-4-6-16(18(24)9-14)21(26,27)30-15-5-7-17(23)19(25)10-15/h4-7,9-12H,1-3,8H2. The maximum absolute atomic E-state index is 14.4. The molecule has 0 spiro atoms. The van der Waals surface area contributed by atoms with Gasteiger partial charge in [-0.25, -0.2) is 23.1 Å². The van der Waals surface area contributed by atoms with Crippen LogP contribution in [0.25, 0.3) is 11.4 Å². The average Bonchev–Trinajstić information content (AvgIpc) is 2.71. The molecule has 158 valence electrons. The van der Waals surface area contributed by atoms with Gasteiger partial charge < -0.3 is 4.74 Å². The Hall–Kier alpha value is -3.10. The monoisotopic (exact) mass is 426 g/mol. The van der Waals surface area contributed by atoms with Gasteiger partial charge in [-0.2, -0.15) is 8.78 Å². The fraction of sp³-hybridized carbons (Fsp3) is 0.238. The highest BCUT2D eigenvalue weighted by Gasteiger charge is 2.38. The van der Waals surface area contributed by atoms with E-state index in [4.69, 9.17) is 0 Å². The Morgan fingerprint density at radius 1 is 0.833 bits per heavy atom. The largest absolute Gasteiger partial charge is 0.429 e. The molecule has 0 saturated carbocycles. The summed E-state index contributed by atoms with van der Waals surface area (Å²) in [5, 5.41) is 0. The number of hydrogen-bond donors (Lipinski definition) is 0. The summed E-state index contributed by atoms with van der Waals surface area (Å²) in [6.45, 7) is -0.408. The summed E-state index contributed by atoms with van der Waals surface area (Å²) in [7, 11) is 0. The van der Waals surface area contributed by atoms with Gasteiger partial charge in [0.25, 0.3) is 0 Å². The van der Waals surface area contributed by atoms with Crippen molar-refractivity contribution in [2.75, 3.05) is 6.67 Å². The number of ether oxygens (including phenoxy) is 1. The summed E-state index contributed by atoms with van der Waals surface area (Å²) >= 11 is 0. The van der Waals surface area contributed by atoms with Crippen molar-refractivity contribution in [1.82, 2.24) is 9.97 Å². The summed E-state index contributed by atoms with van der Waals surface area (Å²) in [5.74, 6) is -4.41. The summed E-state index contributed by atoms with van der Waals surface area (Å²) in [5.41, 5.74) is -0.148. The molecular weight excluding hydrogens is 410 g/mol. The van der Waals surface area contributed by atoms with Crippen LogP contribution in [-0.4, -0.2) is 16.6 Å². The van der Waals surface area contributed by atoms with Gasteiger partial charge in [0.15, 0.2) is 17.5 Å². The van der Waals surface area contributed by atoms with E-state index in [0.717, 1.165) is 23.8 Å². The molecule has 0 atom stereocenters. The number of alkyl halides is 3. The van der Waals surface area contributed by atoms with Crippen molar-refractivity contribution in [1.29, 1.82) is 0 Å². The van der Waals surface area contributed by atoms with Crippen LogP contribution in [0.1, 0.15) is 24.0 Å². The average molecular weight is 426 g/mol. The summed E-state index contributed by atoms with van der Waals surface area (Å²) < 4.78 is 85.7. The van der Waals surface area contributed by atoms with Crippen LogP contribution in [0, 0.1) is 17.5 Å². The second-order valence-corrected chi connectivity index (χ2v) is 6.45. The molecule has 0 aliphatic rings. The lowest BCUT2D eigenvalue weighted by Crippen LogP contribution is -2.23. The number of rotatable bonds is 8. The zero-order chi connectivity index (χ0) is 21.7. The van der Waals surface area contributed by atoms with Crippen LogP contribution >= 0.6 is 0 Å². The minimum absolute atomic E-state index is 0.125. The van der Waals surface area contributed by atoms with Gasteiger partial charge in [0.2, 0.25) is 0 Å². The third kappa shape index (κ3) is 5.08. The molecule has 0 amide bonds. The Morgan fingerprint density at radius 2 is 1.57 bits per heavy atom. The molecule has 3 aromatic rings. The van der Waals surface area contributed by atoms with Crippen molar-refractivity contribution in [3.05, 3.63) is 77.4 Å². The zero-order valence-electron chi connectivity index (χ0n) is 15.5. The molecule has 0 saturated heterocycles. The Labute approximate surface area is 168 Å². The number of unbranched alkanes of at least 4 members (excludes halogenated alkanes) is 1. The summed E-state index contributed by atoms with van der Waals surface area (Å²) in [6.07, 6.45) is 0.532. The molecule has 0 N–H and O–H groups in total. The number of aryl methyl sites for hydroxylation is 1. The first-order valence-electron chi connectivity index (χ1n) is 8.99. The second kappa shape index (κ2) is 9.15. The maximum atomic E-state index is 14.4. The van der Waals surface area contributed by atoms with Crippen molar-refractivity contribution in [3.8, 4) is 17.1 Å². The minimum Gasteiger partial charge on any atom is -0.429 e. The summed E-state index contributed by atoms with van der Waals surface area (Å²) in [4.78, 5) is 8.16. The molecule has 0 unspecified atom stereocenters. The van der Waals surface area contributed by atoms with Crippen molar-refractivity contribution in [3.63, 3.8) is 0 Å². The van der Waals surface area contributed by atoms with Crippen LogP contribution < -0.4 is 4.74 Å². The molecule has 1 aromatic heterocycles. The fourth-order valence-corrected chi connectivity index (χ4v) is 2.69. The lowest BCUT2D eigenvalue weighted by Gasteiger charge is -2.19. The van der Waals surface area contributed by atoms with Crippen LogP contribution in [0.3, 0.4) is 0 Å². The summed E-state index contributed by atoms with van der Waals surface area (Å²) in [6, 6.07) is 4.71. The van der Waals surface area contributed by atoms with E-state index in [2.05, 4.69) is 14.7 Å². The number of benzene rings is 2.